The Hall–Kier alpha value is -1.36. The summed E-state index contributed by atoms with van der Waals surface area (Å²) >= 11 is 0. The fraction of sp³-hybridized carbons (Fsp3) is 0.667. The number of carboxylic acid groups (broad SMARTS) is 1. The van der Waals surface area contributed by atoms with E-state index >= 15 is 0 Å². The van der Waals surface area contributed by atoms with Gasteiger partial charge in [-0.05, 0) is 26.7 Å². The zero-order valence-electron chi connectivity index (χ0n) is 10.7. The van der Waals surface area contributed by atoms with Crippen LogP contribution >= 0.6 is 0 Å². The first-order valence-corrected chi connectivity index (χ1v) is 5.77. The second-order valence-electron chi connectivity index (χ2n) is 3.78. The molecule has 2 N–H and O–H groups in total. The van der Waals surface area contributed by atoms with Crippen molar-refractivity contribution in [2.45, 2.75) is 33.6 Å². The Morgan fingerprint density at radius 1 is 1.18 bits per heavy atom. The number of ether oxygens (including phenoxy) is 1. The van der Waals surface area contributed by atoms with E-state index in [-0.39, 0.29) is 17.1 Å². The van der Waals surface area contributed by atoms with Crippen molar-refractivity contribution in [3.05, 3.63) is 11.1 Å². The summed E-state index contributed by atoms with van der Waals surface area (Å²) in [4.78, 5) is 22.1. The van der Waals surface area contributed by atoms with Gasteiger partial charge in [-0.25, -0.2) is 4.79 Å². The summed E-state index contributed by atoms with van der Waals surface area (Å²) in [6, 6.07) is 0. The van der Waals surface area contributed by atoms with Crippen LogP contribution in [0, 0.1) is 0 Å². The van der Waals surface area contributed by atoms with Crippen molar-refractivity contribution in [3.63, 3.8) is 0 Å². The Labute approximate surface area is 102 Å². The smallest absolute Gasteiger partial charge is 0.331 e. The highest BCUT2D eigenvalue weighted by Gasteiger charge is 2.11. The molecule has 1 amide bonds. The zero-order chi connectivity index (χ0) is 13.3. The van der Waals surface area contributed by atoms with E-state index in [2.05, 4.69) is 5.32 Å². The van der Waals surface area contributed by atoms with Gasteiger partial charge in [0.15, 0.2) is 0 Å². The summed E-state index contributed by atoms with van der Waals surface area (Å²) in [5.41, 5.74) is 0.316. The van der Waals surface area contributed by atoms with Crippen LogP contribution in [0.4, 0.5) is 0 Å². The molecule has 0 aromatic heterocycles. The molecule has 0 saturated carbocycles. The molecule has 0 aliphatic rings. The van der Waals surface area contributed by atoms with Gasteiger partial charge in [0.1, 0.15) is 0 Å². The lowest BCUT2D eigenvalue weighted by atomic mass is 10.1. The molecule has 0 saturated heterocycles. The van der Waals surface area contributed by atoms with Crippen molar-refractivity contribution >= 4 is 11.9 Å². The standard InChI is InChI=1S/C12H21NO4/c1-4-7-17-8-5-6-13-11(14)9(2)10(3)12(15)16/h4-8H2,1-3H3,(H,13,14)(H,15,16). The first-order valence-electron chi connectivity index (χ1n) is 5.77. The van der Waals surface area contributed by atoms with Crippen molar-refractivity contribution in [1.29, 1.82) is 0 Å². The number of rotatable bonds is 8. The van der Waals surface area contributed by atoms with Crippen molar-refractivity contribution in [2.24, 2.45) is 0 Å². The number of amides is 1. The Morgan fingerprint density at radius 3 is 2.35 bits per heavy atom. The predicted octanol–water partition coefficient (Wildman–Crippen LogP) is 1.34. The molecule has 0 spiro atoms. The Morgan fingerprint density at radius 2 is 1.82 bits per heavy atom. The molecule has 0 fully saturated rings. The molecule has 0 aromatic carbocycles. The van der Waals surface area contributed by atoms with Crippen LogP contribution in [-0.2, 0) is 14.3 Å². The van der Waals surface area contributed by atoms with Crippen LogP contribution < -0.4 is 5.32 Å². The topological polar surface area (TPSA) is 75.6 Å². The maximum Gasteiger partial charge on any atom is 0.331 e. The first-order chi connectivity index (χ1) is 8.00. The largest absolute Gasteiger partial charge is 0.478 e. The van der Waals surface area contributed by atoms with Crippen LogP contribution in [0.5, 0.6) is 0 Å². The molecule has 17 heavy (non-hydrogen) atoms. The minimum absolute atomic E-state index is 0.0738. The molecule has 98 valence electrons. The lowest BCUT2D eigenvalue weighted by Crippen LogP contribution is -2.27. The summed E-state index contributed by atoms with van der Waals surface area (Å²) in [6.45, 7) is 6.78. The van der Waals surface area contributed by atoms with Crippen LogP contribution in [0.1, 0.15) is 33.6 Å². The van der Waals surface area contributed by atoms with Gasteiger partial charge in [-0.2, -0.15) is 0 Å². The third kappa shape index (κ3) is 6.73. The molecule has 5 heteroatoms. The number of carbonyl (C=O) groups is 2. The van der Waals surface area contributed by atoms with Crippen molar-refractivity contribution in [1.82, 2.24) is 5.32 Å². The molecule has 0 unspecified atom stereocenters. The third-order valence-corrected chi connectivity index (χ3v) is 2.32. The van der Waals surface area contributed by atoms with E-state index < -0.39 is 5.97 Å². The first kappa shape index (κ1) is 15.6. The summed E-state index contributed by atoms with van der Waals surface area (Å²) in [6.07, 6.45) is 1.71. The number of hydrogen-bond acceptors (Lipinski definition) is 3. The molecule has 0 rings (SSSR count). The minimum atomic E-state index is -1.07. The summed E-state index contributed by atoms with van der Waals surface area (Å²) in [7, 11) is 0. The van der Waals surface area contributed by atoms with E-state index in [9.17, 15) is 9.59 Å². The SMILES string of the molecule is CCCOCCCNC(=O)C(C)=C(C)C(=O)O. The lowest BCUT2D eigenvalue weighted by Gasteiger charge is -2.07. The number of nitrogens with one attached hydrogen (secondary N) is 1. The lowest BCUT2D eigenvalue weighted by molar-refractivity contribution is -0.133. The summed E-state index contributed by atoms with van der Waals surface area (Å²) < 4.78 is 5.25. The number of hydrogen-bond donors (Lipinski definition) is 2. The normalized spacial score (nSPS) is 11.9. The van der Waals surface area contributed by atoms with Crippen molar-refractivity contribution in [2.75, 3.05) is 19.8 Å². The van der Waals surface area contributed by atoms with Gasteiger partial charge in [-0.15, -0.1) is 0 Å². The fourth-order valence-corrected chi connectivity index (χ4v) is 1.09. The van der Waals surface area contributed by atoms with E-state index in [0.717, 1.165) is 19.4 Å². The van der Waals surface area contributed by atoms with Crippen molar-refractivity contribution in [3.8, 4) is 0 Å². The number of aliphatic carboxylic acids is 1. The van der Waals surface area contributed by atoms with E-state index in [1.807, 2.05) is 6.92 Å². The van der Waals surface area contributed by atoms with Crippen LogP contribution in [0.25, 0.3) is 0 Å². The van der Waals surface area contributed by atoms with Crippen LogP contribution in [-0.4, -0.2) is 36.7 Å². The molecule has 0 radical (unpaired) electrons. The van der Waals surface area contributed by atoms with Gasteiger partial charge in [0.05, 0.1) is 0 Å². The molecular formula is C12H21NO4. The van der Waals surface area contributed by atoms with Gasteiger partial charge in [-0.1, -0.05) is 6.92 Å². The number of carboxylic acids is 1. The number of carbonyl (C=O) groups excluding carboxylic acids is 1. The van der Waals surface area contributed by atoms with Crippen molar-refractivity contribution < 1.29 is 19.4 Å². The maximum absolute atomic E-state index is 11.5. The van der Waals surface area contributed by atoms with Crippen LogP contribution in [0.15, 0.2) is 11.1 Å². The van der Waals surface area contributed by atoms with Gasteiger partial charge >= 0.3 is 5.97 Å². The second kappa shape index (κ2) is 8.75. The Bertz CT molecular complexity index is 297. The van der Waals surface area contributed by atoms with Gasteiger partial charge < -0.3 is 15.2 Å². The quantitative estimate of drug-likeness (QED) is 0.498. The fourth-order valence-electron chi connectivity index (χ4n) is 1.09. The maximum atomic E-state index is 11.5. The van der Waals surface area contributed by atoms with Gasteiger partial charge in [-0.3, -0.25) is 4.79 Å². The molecule has 0 aliphatic heterocycles. The molecule has 0 atom stereocenters. The highest BCUT2D eigenvalue weighted by atomic mass is 16.5. The molecule has 0 aliphatic carbocycles. The average molecular weight is 243 g/mol. The van der Waals surface area contributed by atoms with Gasteiger partial charge in [0.2, 0.25) is 5.91 Å². The van der Waals surface area contributed by atoms with Gasteiger partial charge in [0.25, 0.3) is 0 Å². The highest BCUT2D eigenvalue weighted by molar-refractivity contribution is 6.01. The average Bonchev–Trinajstić information content (AvgIpc) is 2.31. The molecule has 0 heterocycles. The Kier molecular flexibility index (Phi) is 8.05. The predicted molar refractivity (Wildman–Crippen MR) is 64.7 cm³/mol. The molecular weight excluding hydrogens is 222 g/mol. The zero-order valence-corrected chi connectivity index (χ0v) is 10.7. The Balaban J connectivity index is 3.87. The molecule has 5 nitrogen and oxygen atoms in total. The van der Waals surface area contributed by atoms with Crippen LogP contribution in [0.2, 0.25) is 0 Å². The van der Waals surface area contributed by atoms with Gasteiger partial charge in [0, 0.05) is 30.9 Å². The monoisotopic (exact) mass is 243 g/mol. The highest BCUT2D eigenvalue weighted by Crippen LogP contribution is 2.03. The van der Waals surface area contributed by atoms with E-state index in [1.165, 1.54) is 13.8 Å². The summed E-state index contributed by atoms with van der Waals surface area (Å²) in [5.74, 6) is -1.40. The molecule has 0 bridgehead atoms. The minimum Gasteiger partial charge on any atom is -0.478 e. The van der Waals surface area contributed by atoms with E-state index in [1.54, 1.807) is 0 Å². The molecule has 0 aromatic rings. The summed E-state index contributed by atoms with van der Waals surface area (Å²) in [5, 5.41) is 11.4. The van der Waals surface area contributed by atoms with Crippen LogP contribution in [0.3, 0.4) is 0 Å². The second-order valence-corrected chi connectivity index (χ2v) is 3.78. The van der Waals surface area contributed by atoms with E-state index in [0.29, 0.717) is 13.2 Å². The van der Waals surface area contributed by atoms with E-state index in [4.69, 9.17) is 9.84 Å². The third-order valence-electron chi connectivity index (χ3n) is 2.32.